The molecule has 31 heavy (non-hydrogen) atoms. The van der Waals surface area contributed by atoms with Gasteiger partial charge in [0.15, 0.2) is 0 Å². The molecule has 4 N–H and O–H groups in total. The van der Waals surface area contributed by atoms with Gasteiger partial charge in [-0.1, -0.05) is 47.7 Å². The van der Waals surface area contributed by atoms with Gasteiger partial charge in [-0.2, -0.15) is 0 Å². The summed E-state index contributed by atoms with van der Waals surface area (Å²) in [4.78, 5) is 18.3. The number of rotatable bonds is 9. The number of pyridine rings is 1. The number of carbonyl (C=O) groups is 1. The maximum atomic E-state index is 12.7. The highest BCUT2D eigenvalue weighted by molar-refractivity contribution is 7.59. The Morgan fingerprint density at radius 2 is 1.90 bits per heavy atom. The monoisotopic (exact) mass is 454 g/mol. The number of aromatic nitrogens is 1. The van der Waals surface area contributed by atoms with E-state index >= 15 is 0 Å². The standard InChI is InChI=1S/C24H31N4OPS/c1-16(2)30(17(3)4)12-11-26-23-10-8-19(15-27-23)24(29)28-21-14-18(7-9-20(21)25)22-6-5-13-31-22/h5-10,13-17H,11-12,25H2,1-4H3,(H,26,27)(H,28,29). The number of amides is 1. The fourth-order valence-corrected chi connectivity index (χ4v) is 6.83. The number of hydrogen-bond donors (Lipinski definition) is 3. The van der Waals surface area contributed by atoms with Crippen LogP contribution in [0.2, 0.25) is 0 Å². The van der Waals surface area contributed by atoms with Crippen LogP contribution in [0.25, 0.3) is 10.4 Å². The molecule has 164 valence electrons. The molecule has 0 atom stereocenters. The highest BCUT2D eigenvalue weighted by atomic mass is 32.1. The second kappa shape index (κ2) is 10.7. The molecule has 0 saturated heterocycles. The average Bonchev–Trinajstić information content (AvgIpc) is 3.27. The lowest BCUT2D eigenvalue weighted by atomic mass is 10.1. The van der Waals surface area contributed by atoms with Crippen LogP contribution in [0.4, 0.5) is 17.2 Å². The van der Waals surface area contributed by atoms with Gasteiger partial charge in [-0.25, -0.2) is 4.98 Å². The summed E-state index contributed by atoms with van der Waals surface area (Å²) in [5, 5.41) is 8.33. The van der Waals surface area contributed by atoms with Crippen LogP contribution in [0.15, 0.2) is 54.0 Å². The summed E-state index contributed by atoms with van der Waals surface area (Å²) >= 11 is 1.65. The van der Waals surface area contributed by atoms with Crippen LogP contribution < -0.4 is 16.4 Å². The predicted molar refractivity (Wildman–Crippen MR) is 137 cm³/mol. The molecule has 3 aromatic rings. The lowest BCUT2D eigenvalue weighted by Crippen LogP contribution is -2.15. The second-order valence-corrected chi connectivity index (χ2v) is 12.5. The van der Waals surface area contributed by atoms with Crippen molar-refractivity contribution < 1.29 is 4.79 Å². The normalized spacial score (nSPS) is 11.3. The van der Waals surface area contributed by atoms with Gasteiger partial charge in [-0.15, -0.1) is 11.3 Å². The maximum absolute atomic E-state index is 12.7. The van der Waals surface area contributed by atoms with Crippen LogP contribution >= 0.6 is 19.3 Å². The van der Waals surface area contributed by atoms with E-state index in [1.807, 2.05) is 41.8 Å². The summed E-state index contributed by atoms with van der Waals surface area (Å²) in [5.74, 6) is 0.565. The summed E-state index contributed by atoms with van der Waals surface area (Å²) in [7, 11) is -0.00503. The minimum Gasteiger partial charge on any atom is -0.397 e. The van der Waals surface area contributed by atoms with Gasteiger partial charge in [0.1, 0.15) is 5.82 Å². The Bertz CT molecular complexity index is 979. The van der Waals surface area contributed by atoms with Crippen molar-refractivity contribution in [3.05, 3.63) is 59.6 Å². The SMILES string of the molecule is CC(C)P(CCNc1ccc(C(=O)Nc2cc(-c3cccs3)ccc2N)cn1)C(C)C. The lowest BCUT2D eigenvalue weighted by Gasteiger charge is -2.25. The second-order valence-electron chi connectivity index (χ2n) is 8.02. The van der Waals surface area contributed by atoms with Gasteiger partial charge in [0.25, 0.3) is 5.91 Å². The minimum atomic E-state index is -0.225. The number of anilines is 3. The number of nitrogens with two attached hydrogens (primary N) is 1. The Kier molecular flexibility index (Phi) is 8.05. The molecule has 0 unspecified atom stereocenters. The van der Waals surface area contributed by atoms with Crippen molar-refractivity contribution in [2.75, 3.05) is 29.1 Å². The highest BCUT2D eigenvalue weighted by Gasteiger charge is 2.16. The van der Waals surface area contributed by atoms with E-state index in [0.717, 1.165) is 40.3 Å². The van der Waals surface area contributed by atoms with Crippen molar-refractivity contribution in [2.24, 2.45) is 0 Å². The van der Waals surface area contributed by atoms with Crippen molar-refractivity contribution in [1.29, 1.82) is 0 Å². The molecule has 0 aliphatic carbocycles. The fourth-order valence-electron chi connectivity index (χ4n) is 3.51. The number of nitrogen functional groups attached to an aromatic ring is 1. The third kappa shape index (κ3) is 6.28. The highest BCUT2D eigenvalue weighted by Crippen LogP contribution is 2.45. The lowest BCUT2D eigenvalue weighted by molar-refractivity contribution is 0.102. The van der Waals surface area contributed by atoms with E-state index in [0.29, 0.717) is 16.9 Å². The molecule has 0 radical (unpaired) electrons. The van der Waals surface area contributed by atoms with Crippen LogP contribution in [0.1, 0.15) is 38.1 Å². The zero-order chi connectivity index (χ0) is 22.4. The van der Waals surface area contributed by atoms with E-state index in [1.165, 1.54) is 0 Å². The van der Waals surface area contributed by atoms with Crippen LogP contribution in [0, 0.1) is 0 Å². The molecule has 0 spiro atoms. The first kappa shape index (κ1) is 23.2. The topological polar surface area (TPSA) is 80.0 Å². The van der Waals surface area contributed by atoms with Gasteiger partial charge in [-0.3, -0.25) is 4.79 Å². The quantitative estimate of drug-likeness (QED) is 0.260. The van der Waals surface area contributed by atoms with Crippen molar-refractivity contribution in [3.63, 3.8) is 0 Å². The first-order valence-corrected chi connectivity index (χ1v) is 13.1. The van der Waals surface area contributed by atoms with Gasteiger partial charge in [-0.05, 0) is 58.8 Å². The number of carbonyl (C=O) groups excluding carboxylic acids is 1. The van der Waals surface area contributed by atoms with Crippen molar-refractivity contribution in [2.45, 2.75) is 39.0 Å². The fraction of sp³-hybridized carbons (Fsp3) is 0.333. The van der Waals surface area contributed by atoms with Crippen LogP contribution in [-0.2, 0) is 0 Å². The van der Waals surface area contributed by atoms with Crippen molar-refractivity contribution in [3.8, 4) is 10.4 Å². The molecule has 5 nitrogen and oxygen atoms in total. The molecule has 2 aromatic heterocycles. The summed E-state index contributed by atoms with van der Waals surface area (Å²) in [5.41, 5.74) is 10.2. The molecule has 1 aromatic carbocycles. The van der Waals surface area contributed by atoms with Crippen LogP contribution in [0.5, 0.6) is 0 Å². The Labute approximate surface area is 190 Å². The van der Waals surface area contributed by atoms with Crippen molar-refractivity contribution in [1.82, 2.24) is 4.98 Å². The zero-order valence-electron chi connectivity index (χ0n) is 18.6. The molecule has 0 saturated carbocycles. The Morgan fingerprint density at radius 1 is 1.13 bits per heavy atom. The Hall–Kier alpha value is -2.43. The summed E-state index contributed by atoms with van der Waals surface area (Å²) in [6.45, 7) is 10.1. The number of benzene rings is 1. The van der Waals surface area contributed by atoms with E-state index in [4.69, 9.17) is 5.73 Å². The van der Waals surface area contributed by atoms with Gasteiger partial charge in [0, 0.05) is 17.6 Å². The molecule has 3 rings (SSSR count). The summed E-state index contributed by atoms with van der Waals surface area (Å²) < 4.78 is 0. The minimum absolute atomic E-state index is 0.00503. The first-order valence-electron chi connectivity index (χ1n) is 10.6. The molecule has 0 fully saturated rings. The van der Waals surface area contributed by atoms with Crippen LogP contribution in [0.3, 0.4) is 0 Å². The zero-order valence-corrected chi connectivity index (χ0v) is 20.3. The Balaban J connectivity index is 1.60. The predicted octanol–water partition coefficient (Wildman–Crippen LogP) is 6.36. The summed E-state index contributed by atoms with van der Waals surface area (Å²) in [6, 6.07) is 13.4. The third-order valence-electron chi connectivity index (χ3n) is 5.14. The third-order valence-corrected chi connectivity index (χ3v) is 9.45. The van der Waals surface area contributed by atoms with Gasteiger partial charge in [0.05, 0.1) is 16.9 Å². The van der Waals surface area contributed by atoms with E-state index in [-0.39, 0.29) is 13.8 Å². The van der Waals surface area contributed by atoms with Gasteiger partial charge in [0.2, 0.25) is 0 Å². The van der Waals surface area contributed by atoms with Crippen LogP contribution in [-0.4, -0.2) is 34.9 Å². The van der Waals surface area contributed by atoms with Crippen molar-refractivity contribution >= 4 is 42.4 Å². The van der Waals surface area contributed by atoms with E-state index in [9.17, 15) is 4.79 Å². The maximum Gasteiger partial charge on any atom is 0.257 e. The Morgan fingerprint density at radius 3 is 2.52 bits per heavy atom. The van der Waals surface area contributed by atoms with E-state index in [1.54, 1.807) is 23.6 Å². The summed E-state index contributed by atoms with van der Waals surface area (Å²) in [6.07, 6.45) is 2.76. The van der Waals surface area contributed by atoms with E-state index < -0.39 is 0 Å². The molecule has 1 amide bonds. The molecule has 0 bridgehead atoms. The number of thiophene rings is 1. The molecule has 0 aliphatic rings. The molecule has 7 heteroatoms. The number of hydrogen-bond acceptors (Lipinski definition) is 5. The molecular weight excluding hydrogens is 423 g/mol. The molecule has 2 heterocycles. The first-order chi connectivity index (χ1) is 14.8. The number of nitrogens with one attached hydrogen (secondary N) is 2. The largest absolute Gasteiger partial charge is 0.397 e. The van der Waals surface area contributed by atoms with Gasteiger partial charge < -0.3 is 16.4 Å². The number of nitrogens with zero attached hydrogens (tertiary/aromatic N) is 1. The average molecular weight is 455 g/mol. The van der Waals surface area contributed by atoms with E-state index in [2.05, 4.69) is 43.3 Å². The van der Waals surface area contributed by atoms with Gasteiger partial charge >= 0.3 is 0 Å². The molecular formula is C24H31N4OPS. The smallest absolute Gasteiger partial charge is 0.257 e. The molecule has 0 aliphatic heterocycles.